The summed E-state index contributed by atoms with van der Waals surface area (Å²) in [5, 5.41) is 19.8. The van der Waals surface area contributed by atoms with Gasteiger partial charge >= 0.3 is 0 Å². The Bertz CT molecular complexity index is 1020. The second kappa shape index (κ2) is 10.5. The summed E-state index contributed by atoms with van der Waals surface area (Å²) in [6.07, 6.45) is 3.08. The molecule has 1 aliphatic heterocycles. The van der Waals surface area contributed by atoms with Crippen LogP contribution in [0.4, 0.5) is 10.9 Å². The molecule has 1 amide bonds. The molecular formula is C20H23N7O3S. The molecule has 2 N–H and O–H groups in total. The van der Waals surface area contributed by atoms with Crippen molar-refractivity contribution in [3.8, 4) is 10.6 Å². The number of piperazine rings is 1. The van der Waals surface area contributed by atoms with Crippen molar-refractivity contribution in [1.82, 2.24) is 30.0 Å². The van der Waals surface area contributed by atoms with Gasteiger partial charge in [0.1, 0.15) is 10.7 Å². The highest BCUT2D eigenvalue weighted by atomic mass is 32.1. The van der Waals surface area contributed by atoms with Crippen molar-refractivity contribution in [2.75, 3.05) is 38.5 Å². The normalized spacial score (nSPS) is 13.8. The number of nitrogens with zero attached hydrogens (tertiary/aromatic N) is 6. The fourth-order valence-electron chi connectivity index (χ4n) is 2.90. The van der Waals surface area contributed by atoms with Gasteiger partial charge in [0, 0.05) is 31.7 Å². The maximum absolute atomic E-state index is 12.7. The largest absolute Gasteiger partial charge is 0.483 e. The number of carbonyl (C=O) groups excluding carboxylic acids is 1. The lowest BCUT2D eigenvalue weighted by Crippen LogP contribution is -2.47. The first kappa shape index (κ1) is 22.2. The summed E-state index contributed by atoms with van der Waals surface area (Å²) < 4.78 is 0. The molecule has 1 saturated heterocycles. The Morgan fingerprint density at radius 1 is 1.13 bits per heavy atom. The lowest BCUT2D eigenvalue weighted by molar-refractivity contribution is -0.122. The lowest BCUT2D eigenvalue weighted by Gasteiger charge is -2.32. The molecule has 10 nitrogen and oxygen atoms in total. The maximum Gasteiger partial charge on any atom is 0.290 e. The van der Waals surface area contributed by atoms with Crippen LogP contribution >= 0.6 is 11.3 Å². The number of rotatable bonds is 4. The SMILES string of the molecule is Cc1ccc(-c2nnc(Nc3cncc(C(=O)N4CCN(C)CC4)n3)s2)cc1.O=CO. The van der Waals surface area contributed by atoms with Crippen molar-refractivity contribution in [1.29, 1.82) is 0 Å². The molecule has 1 fully saturated rings. The molecule has 11 heteroatoms. The maximum atomic E-state index is 12.7. The number of aryl methyl sites for hydroxylation is 1. The number of hydrogen-bond donors (Lipinski definition) is 2. The van der Waals surface area contributed by atoms with Crippen LogP contribution in [0.1, 0.15) is 16.1 Å². The van der Waals surface area contributed by atoms with E-state index in [1.807, 2.05) is 36.1 Å². The number of aromatic nitrogens is 4. The number of amides is 1. The summed E-state index contributed by atoms with van der Waals surface area (Å²) >= 11 is 1.43. The third kappa shape index (κ3) is 6.03. The number of nitrogens with one attached hydrogen (secondary N) is 1. The summed E-state index contributed by atoms with van der Waals surface area (Å²) in [4.78, 5) is 33.6. The first-order valence-corrected chi connectivity index (χ1v) is 10.4. The molecule has 0 aliphatic carbocycles. The van der Waals surface area contributed by atoms with Gasteiger partial charge in [0.05, 0.1) is 12.4 Å². The van der Waals surface area contributed by atoms with Gasteiger partial charge in [0.2, 0.25) is 5.13 Å². The zero-order valence-electron chi connectivity index (χ0n) is 17.2. The van der Waals surface area contributed by atoms with Gasteiger partial charge in [-0.1, -0.05) is 41.2 Å². The summed E-state index contributed by atoms with van der Waals surface area (Å²) in [6.45, 7) is 4.93. The van der Waals surface area contributed by atoms with Gasteiger partial charge < -0.3 is 20.2 Å². The van der Waals surface area contributed by atoms with E-state index in [4.69, 9.17) is 9.90 Å². The average molecular weight is 442 g/mol. The second-order valence-electron chi connectivity index (χ2n) is 6.89. The monoisotopic (exact) mass is 441 g/mol. The van der Waals surface area contributed by atoms with E-state index in [9.17, 15) is 4.79 Å². The zero-order chi connectivity index (χ0) is 22.2. The van der Waals surface area contributed by atoms with Crippen LogP contribution in [0, 0.1) is 6.92 Å². The van der Waals surface area contributed by atoms with Gasteiger partial charge in [-0.05, 0) is 14.0 Å². The average Bonchev–Trinajstić information content (AvgIpc) is 3.23. The van der Waals surface area contributed by atoms with Gasteiger partial charge in [0.25, 0.3) is 12.4 Å². The van der Waals surface area contributed by atoms with E-state index in [-0.39, 0.29) is 12.4 Å². The number of likely N-dealkylation sites (N-methyl/N-ethyl adjacent to an activating group) is 1. The van der Waals surface area contributed by atoms with Crippen molar-refractivity contribution in [2.45, 2.75) is 6.92 Å². The van der Waals surface area contributed by atoms with Crippen LogP contribution in [-0.4, -0.2) is 80.7 Å². The van der Waals surface area contributed by atoms with Crippen molar-refractivity contribution in [2.24, 2.45) is 0 Å². The van der Waals surface area contributed by atoms with Gasteiger partial charge in [0.15, 0.2) is 5.82 Å². The van der Waals surface area contributed by atoms with E-state index >= 15 is 0 Å². The van der Waals surface area contributed by atoms with Gasteiger partial charge in [-0.3, -0.25) is 14.6 Å². The summed E-state index contributed by atoms with van der Waals surface area (Å²) in [7, 11) is 2.05. The summed E-state index contributed by atoms with van der Waals surface area (Å²) in [5.41, 5.74) is 2.54. The Morgan fingerprint density at radius 3 is 2.48 bits per heavy atom. The molecule has 0 saturated carbocycles. The zero-order valence-corrected chi connectivity index (χ0v) is 18.0. The van der Waals surface area contributed by atoms with Crippen molar-refractivity contribution >= 4 is 34.7 Å². The standard InChI is InChI=1S/C19H21N7OS.CH2O2/c1-13-3-5-14(6-4-13)17-23-24-19(28-17)22-16-12-20-11-15(21-16)18(27)26-9-7-25(2)8-10-26;2-1-3/h3-6,11-12H,7-10H2,1-2H3,(H,21,22,24);1H,(H,2,3). The van der Waals surface area contributed by atoms with Gasteiger partial charge in [-0.2, -0.15) is 0 Å². The minimum atomic E-state index is -0.250. The molecule has 0 unspecified atom stereocenters. The Kier molecular flexibility index (Phi) is 7.57. The third-order valence-electron chi connectivity index (χ3n) is 4.60. The molecule has 3 heterocycles. The molecule has 1 aliphatic rings. The van der Waals surface area contributed by atoms with Gasteiger partial charge in [-0.15, -0.1) is 10.2 Å². The second-order valence-corrected chi connectivity index (χ2v) is 7.87. The van der Waals surface area contributed by atoms with Crippen molar-refractivity contribution in [3.05, 3.63) is 47.9 Å². The van der Waals surface area contributed by atoms with E-state index in [1.165, 1.54) is 23.1 Å². The minimum Gasteiger partial charge on any atom is -0.483 e. The third-order valence-corrected chi connectivity index (χ3v) is 5.49. The molecule has 162 valence electrons. The van der Waals surface area contributed by atoms with Gasteiger partial charge in [-0.25, -0.2) is 4.98 Å². The van der Waals surface area contributed by atoms with Crippen LogP contribution in [0.5, 0.6) is 0 Å². The van der Waals surface area contributed by atoms with Crippen LogP contribution in [0.15, 0.2) is 36.7 Å². The molecular weight excluding hydrogens is 418 g/mol. The summed E-state index contributed by atoms with van der Waals surface area (Å²) in [5.74, 6) is 0.383. The van der Waals surface area contributed by atoms with E-state index in [0.717, 1.165) is 23.7 Å². The molecule has 2 aromatic heterocycles. The fourth-order valence-corrected chi connectivity index (χ4v) is 3.65. The molecule has 31 heavy (non-hydrogen) atoms. The molecule has 1 aromatic carbocycles. The lowest BCUT2D eigenvalue weighted by atomic mass is 10.2. The molecule has 0 atom stereocenters. The van der Waals surface area contributed by atoms with Crippen molar-refractivity contribution < 1.29 is 14.7 Å². The number of benzene rings is 1. The fraction of sp³-hybridized carbons (Fsp3) is 0.300. The van der Waals surface area contributed by atoms with Crippen LogP contribution in [-0.2, 0) is 4.79 Å². The first-order valence-electron chi connectivity index (χ1n) is 9.55. The summed E-state index contributed by atoms with van der Waals surface area (Å²) in [6, 6.07) is 8.13. The highest BCUT2D eigenvalue weighted by molar-refractivity contribution is 7.18. The van der Waals surface area contributed by atoms with Crippen molar-refractivity contribution in [3.63, 3.8) is 0 Å². The van der Waals surface area contributed by atoms with E-state index < -0.39 is 0 Å². The number of carbonyl (C=O) groups is 2. The number of hydrogen-bond acceptors (Lipinski definition) is 9. The molecule has 3 aromatic rings. The molecule has 0 spiro atoms. The highest BCUT2D eigenvalue weighted by Gasteiger charge is 2.22. The molecule has 0 bridgehead atoms. The van der Waals surface area contributed by atoms with Crippen LogP contribution in [0.2, 0.25) is 0 Å². The first-order chi connectivity index (χ1) is 15.0. The molecule has 4 rings (SSSR count). The topological polar surface area (TPSA) is 124 Å². The number of carboxylic acid groups (broad SMARTS) is 1. The van der Waals surface area contributed by atoms with Crippen LogP contribution < -0.4 is 5.32 Å². The predicted octanol–water partition coefficient (Wildman–Crippen LogP) is 2.14. The Balaban J connectivity index is 0.000000858. The predicted molar refractivity (Wildman–Crippen MR) is 117 cm³/mol. The Morgan fingerprint density at radius 2 is 1.81 bits per heavy atom. The van der Waals surface area contributed by atoms with E-state index in [2.05, 4.69) is 37.4 Å². The molecule has 0 radical (unpaired) electrons. The number of anilines is 2. The quantitative estimate of drug-likeness (QED) is 0.586. The Hall–Kier alpha value is -3.44. The minimum absolute atomic E-state index is 0.0955. The highest BCUT2D eigenvalue weighted by Crippen LogP contribution is 2.28. The van der Waals surface area contributed by atoms with Crippen LogP contribution in [0.3, 0.4) is 0 Å². The van der Waals surface area contributed by atoms with Crippen LogP contribution in [0.25, 0.3) is 10.6 Å². The smallest absolute Gasteiger partial charge is 0.290 e. The van der Waals surface area contributed by atoms with E-state index in [1.54, 1.807) is 6.20 Å². The Labute approximate surface area is 183 Å². The van der Waals surface area contributed by atoms with E-state index in [0.29, 0.717) is 29.7 Å².